The van der Waals surface area contributed by atoms with Crippen LogP contribution in [0.4, 0.5) is 0 Å². The fraction of sp³-hybridized carbons (Fsp3) is 0.478. The molecule has 0 saturated heterocycles. The zero-order valence-corrected chi connectivity index (χ0v) is 15.7. The van der Waals surface area contributed by atoms with Crippen molar-refractivity contribution in [3.63, 3.8) is 0 Å². The van der Waals surface area contributed by atoms with Gasteiger partial charge in [-0.2, -0.15) is 0 Å². The summed E-state index contributed by atoms with van der Waals surface area (Å²) in [6, 6.07) is 11.6. The van der Waals surface area contributed by atoms with Gasteiger partial charge in [-0.15, -0.1) is 0 Å². The Labute approximate surface area is 156 Å². The number of rotatable bonds is 7. The van der Waals surface area contributed by atoms with E-state index >= 15 is 0 Å². The second kappa shape index (κ2) is 8.98. The van der Waals surface area contributed by atoms with Crippen molar-refractivity contribution in [3.05, 3.63) is 59.9 Å². The molecular formula is C23H29NO2. The Morgan fingerprint density at radius 2 is 1.69 bits per heavy atom. The summed E-state index contributed by atoms with van der Waals surface area (Å²) in [5, 5.41) is 0. The summed E-state index contributed by atoms with van der Waals surface area (Å²) in [5.41, 5.74) is 2.26. The molecule has 26 heavy (non-hydrogen) atoms. The lowest BCUT2D eigenvalue weighted by atomic mass is 9.66. The van der Waals surface area contributed by atoms with Crippen molar-refractivity contribution in [3.8, 4) is 5.75 Å². The quantitative estimate of drug-likeness (QED) is 0.344. The summed E-state index contributed by atoms with van der Waals surface area (Å²) >= 11 is 0. The molecular weight excluding hydrogens is 322 g/mol. The fourth-order valence-electron chi connectivity index (χ4n) is 4.16. The third-order valence-corrected chi connectivity index (χ3v) is 5.66. The van der Waals surface area contributed by atoms with E-state index in [0.717, 1.165) is 0 Å². The number of carbonyl (C=O) groups is 1. The molecule has 2 aromatic rings. The van der Waals surface area contributed by atoms with E-state index in [1.54, 1.807) is 24.5 Å². The van der Waals surface area contributed by atoms with Crippen LogP contribution in [0.3, 0.4) is 0 Å². The van der Waals surface area contributed by atoms with E-state index < -0.39 is 0 Å². The third-order valence-electron chi connectivity index (χ3n) is 5.66. The molecule has 1 aromatic carbocycles. The molecule has 1 fully saturated rings. The van der Waals surface area contributed by atoms with Crippen LogP contribution in [0.2, 0.25) is 0 Å². The van der Waals surface area contributed by atoms with E-state index in [1.807, 2.05) is 12.1 Å². The van der Waals surface area contributed by atoms with E-state index in [1.165, 1.54) is 63.4 Å². The van der Waals surface area contributed by atoms with Gasteiger partial charge in [0, 0.05) is 12.4 Å². The maximum Gasteiger partial charge on any atom is 0.343 e. The number of benzene rings is 1. The van der Waals surface area contributed by atoms with E-state index in [0.29, 0.717) is 16.7 Å². The number of ether oxygens (including phenoxy) is 1. The second-order valence-electron chi connectivity index (χ2n) is 7.45. The van der Waals surface area contributed by atoms with Crippen molar-refractivity contribution in [2.75, 3.05) is 0 Å². The van der Waals surface area contributed by atoms with Gasteiger partial charge >= 0.3 is 5.97 Å². The van der Waals surface area contributed by atoms with E-state index in [4.69, 9.17) is 4.74 Å². The van der Waals surface area contributed by atoms with Crippen molar-refractivity contribution >= 4 is 5.97 Å². The van der Waals surface area contributed by atoms with Crippen molar-refractivity contribution in [2.24, 2.45) is 0 Å². The first-order chi connectivity index (χ1) is 12.7. The largest absolute Gasteiger partial charge is 0.423 e. The first-order valence-corrected chi connectivity index (χ1v) is 9.96. The van der Waals surface area contributed by atoms with Crippen LogP contribution in [0.25, 0.3) is 0 Å². The highest BCUT2D eigenvalue weighted by Crippen LogP contribution is 2.43. The summed E-state index contributed by atoms with van der Waals surface area (Å²) in [4.78, 5) is 16.1. The Morgan fingerprint density at radius 1 is 1.00 bits per heavy atom. The molecule has 1 heterocycles. The Kier molecular flexibility index (Phi) is 6.43. The normalized spacial score (nSPS) is 16.2. The molecule has 3 rings (SSSR count). The highest BCUT2D eigenvalue weighted by atomic mass is 16.5. The van der Waals surface area contributed by atoms with Gasteiger partial charge in [0.1, 0.15) is 5.75 Å². The number of hydrogen-bond donors (Lipinski definition) is 0. The number of aromatic nitrogens is 1. The summed E-state index contributed by atoms with van der Waals surface area (Å²) in [5.74, 6) is 0.269. The van der Waals surface area contributed by atoms with Crippen LogP contribution < -0.4 is 4.74 Å². The maximum absolute atomic E-state index is 12.2. The van der Waals surface area contributed by atoms with Crippen LogP contribution in [-0.2, 0) is 5.41 Å². The monoisotopic (exact) mass is 351 g/mol. The first-order valence-electron chi connectivity index (χ1n) is 9.96. The van der Waals surface area contributed by atoms with Gasteiger partial charge < -0.3 is 4.74 Å². The lowest BCUT2D eigenvalue weighted by Crippen LogP contribution is -2.29. The number of pyridine rings is 1. The molecule has 0 N–H and O–H groups in total. The molecule has 0 bridgehead atoms. The Hall–Kier alpha value is -2.16. The fourth-order valence-corrected chi connectivity index (χ4v) is 4.16. The Morgan fingerprint density at radius 3 is 2.35 bits per heavy atom. The predicted octanol–water partition coefficient (Wildman–Crippen LogP) is 6.08. The topological polar surface area (TPSA) is 39.2 Å². The van der Waals surface area contributed by atoms with Crippen LogP contribution in [0.15, 0.2) is 48.8 Å². The van der Waals surface area contributed by atoms with Gasteiger partial charge in [0.05, 0.1) is 5.56 Å². The van der Waals surface area contributed by atoms with Crippen LogP contribution in [0.5, 0.6) is 5.75 Å². The van der Waals surface area contributed by atoms with Crippen LogP contribution in [0.1, 0.15) is 80.6 Å². The average Bonchev–Trinajstić information content (AvgIpc) is 2.70. The first kappa shape index (κ1) is 18.6. The van der Waals surface area contributed by atoms with Crippen molar-refractivity contribution < 1.29 is 9.53 Å². The molecule has 1 saturated carbocycles. The molecule has 0 radical (unpaired) electrons. The maximum atomic E-state index is 12.2. The molecule has 3 heteroatoms. The van der Waals surface area contributed by atoms with E-state index in [9.17, 15) is 4.79 Å². The highest BCUT2D eigenvalue weighted by Gasteiger charge is 2.33. The van der Waals surface area contributed by atoms with Gasteiger partial charge in [0.2, 0.25) is 0 Å². The molecule has 0 amide bonds. The number of carbonyl (C=O) groups excluding carboxylic acids is 1. The molecule has 1 aliphatic rings. The summed E-state index contributed by atoms with van der Waals surface area (Å²) < 4.78 is 5.51. The number of nitrogens with zero attached hydrogens (tertiary/aromatic N) is 1. The SMILES string of the molecule is CCCCCC1(c2ccc(OC(=O)c3ccncc3)cc2)CCCCC1. The molecule has 0 aliphatic heterocycles. The minimum Gasteiger partial charge on any atom is -0.423 e. The smallest absolute Gasteiger partial charge is 0.343 e. The van der Waals surface area contributed by atoms with E-state index in [-0.39, 0.29) is 5.97 Å². The number of esters is 1. The minimum absolute atomic E-state index is 0.320. The molecule has 1 aromatic heterocycles. The van der Waals surface area contributed by atoms with Crippen molar-refractivity contribution in [1.29, 1.82) is 0 Å². The molecule has 138 valence electrons. The molecule has 0 spiro atoms. The van der Waals surface area contributed by atoms with Gasteiger partial charge in [0.15, 0.2) is 0 Å². The predicted molar refractivity (Wildman–Crippen MR) is 105 cm³/mol. The van der Waals surface area contributed by atoms with Gasteiger partial charge in [-0.3, -0.25) is 4.98 Å². The third kappa shape index (κ3) is 4.51. The minimum atomic E-state index is -0.338. The molecule has 0 atom stereocenters. The highest BCUT2D eigenvalue weighted by molar-refractivity contribution is 5.90. The van der Waals surface area contributed by atoms with Crippen LogP contribution in [0, 0.1) is 0 Å². The zero-order chi connectivity index (χ0) is 18.2. The Bertz CT molecular complexity index is 688. The molecule has 0 unspecified atom stereocenters. The van der Waals surface area contributed by atoms with Gasteiger partial charge in [0.25, 0.3) is 0 Å². The average molecular weight is 351 g/mol. The van der Waals surface area contributed by atoms with Crippen LogP contribution >= 0.6 is 0 Å². The summed E-state index contributed by atoms with van der Waals surface area (Å²) in [6.07, 6.45) is 14.9. The summed E-state index contributed by atoms with van der Waals surface area (Å²) in [7, 11) is 0. The number of hydrogen-bond acceptors (Lipinski definition) is 3. The van der Waals surface area contributed by atoms with Gasteiger partial charge in [-0.1, -0.05) is 57.6 Å². The van der Waals surface area contributed by atoms with Crippen molar-refractivity contribution in [1.82, 2.24) is 4.98 Å². The van der Waals surface area contributed by atoms with Crippen LogP contribution in [-0.4, -0.2) is 11.0 Å². The zero-order valence-electron chi connectivity index (χ0n) is 15.7. The summed E-state index contributed by atoms with van der Waals surface area (Å²) in [6.45, 7) is 2.26. The van der Waals surface area contributed by atoms with Crippen molar-refractivity contribution in [2.45, 2.75) is 70.1 Å². The van der Waals surface area contributed by atoms with Gasteiger partial charge in [-0.25, -0.2) is 4.79 Å². The lowest BCUT2D eigenvalue weighted by Gasteiger charge is -2.38. The van der Waals surface area contributed by atoms with Gasteiger partial charge in [-0.05, 0) is 54.5 Å². The lowest BCUT2D eigenvalue weighted by molar-refractivity contribution is 0.0734. The second-order valence-corrected chi connectivity index (χ2v) is 7.45. The standard InChI is InChI=1S/C23H29NO2/c1-2-3-5-14-23(15-6-4-7-16-23)20-8-10-21(11-9-20)26-22(25)19-12-17-24-18-13-19/h8-13,17-18H,2-7,14-16H2,1H3. The molecule has 3 nitrogen and oxygen atoms in total. The number of unbranched alkanes of at least 4 members (excludes halogenated alkanes) is 2. The van der Waals surface area contributed by atoms with E-state index in [2.05, 4.69) is 24.0 Å². The molecule has 1 aliphatic carbocycles. The Balaban J connectivity index is 1.71.